The Morgan fingerprint density at radius 3 is 1.02 bits per heavy atom. The summed E-state index contributed by atoms with van der Waals surface area (Å²) in [5, 5.41) is 0. The van der Waals surface area contributed by atoms with Gasteiger partial charge in [0.15, 0.2) is 0 Å². The number of hydrogen-bond donors (Lipinski definition) is 0. The second-order valence-electron chi connectivity index (χ2n) is 12.8. The maximum Gasteiger partial charge on any atom is 0.312 e. The van der Waals surface area contributed by atoms with Crippen molar-refractivity contribution in [2.24, 2.45) is 5.92 Å². The molecule has 0 saturated carbocycles. The van der Waals surface area contributed by atoms with Crippen LogP contribution in [0.1, 0.15) is 42.0 Å². The molecular formula is C44H34O4. The molecule has 8 rings (SSSR count). The molecule has 6 aromatic rings. The molecule has 48 heavy (non-hydrogen) atoms. The third-order valence-electron chi connectivity index (χ3n) is 10.5. The number of fused-ring (bicyclic) bond motifs is 6. The van der Waals surface area contributed by atoms with Crippen molar-refractivity contribution in [3.8, 4) is 33.8 Å². The molecule has 0 N–H and O–H groups in total. The monoisotopic (exact) mass is 626 g/mol. The van der Waals surface area contributed by atoms with E-state index in [0.717, 1.165) is 44.5 Å². The lowest BCUT2D eigenvalue weighted by Crippen LogP contribution is -2.49. The van der Waals surface area contributed by atoms with Gasteiger partial charge in [-0.25, -0.2) is 0 Å². The minimum Gasteiger partial charge on any atom is -0.426 e. The van der Waals surface area contributed by atoms with Gasteiger partial charge in [-0.15, -0.1) is 0 Å². The molecule has 4 heteroatoms. The van der Waals surface area contributed by atoms with E-state index in [1.165, 1.54) is 0 Å². The summed E-state index contributed by atoms with van der Waals surface area (Å²) in [4.78, 5) is 28.5. The van der Waals surface area contributed by atoms with Gasteiger partial charge in [-0.2, -0.15) is 0 Å². The second-order valence-corrected chi connectivity index (χ2v) is 12.8. The first-order chi connectivity index (χ1) is 23.5. The van der Waals surface area contributed by atoms with Crippen LogP contribution in [-0.2, 0) is 20.4 Å². The zero-order chi connectivity index (χ0) is 32.7. The van der Waals surface area contributed by atoms with Crippen molar-refractivity contribution in [1.82, 2.24) is 0 Å². The predicted octanol–water partition coefficient (Wildman–Crippen LogP) is 9.55. The molecule has 2 aliphatic rings. The lowest BCUT2D eigenvalue weighted by molar-refractivity contribution is -0.136. The topological polar surface area (TPSA) is 52.6 Å². The number of carbonyl (C=O) groups excluding carboxylic acids is 2. The summed E-state index contributed by atoms with van der Waals surface area (Å²) < 4.78 is 12.1. The summed E-state index contributed by atoms with van der Waals surface area (Å²) in [6.45, 7) is 2.21. The summed E-state index contributed by atoms with van der Waals surface area (Å²) in [5.41, 5.74) is 6.89. The molecule has 234 valence electrons. The smallest absolute Gasteiger partial charge is 0.312 e. The van der Waals surface area contributed by atoms with E-state index < -0.39 is 10.8 Å². The van der Waals surface area contributed by atoms with Gasteiger partial charge in [0.05, 0.1) is 12.8 Å². The molecule has 0 saturated heterocycles. The third kappa shape index (κ3) is 4.59. The van der Waals surface area contributed by atoms with Crippen LogP contribution in [0, 0.1) is 5.92 Å². The number of benzene rings is 6. The number of para-hydroxylation sites is 2. The van der Waals surface area contributed by atoms with Crippen LogP contribution in [0.5, 0.6) is 11.5 Å². The summed E-state index contributed by atoms with van der Waals surface area (Å²) in [7, 11) is 0. The van der Waals surface area contributed by atoms with E-state index in [-0.39, 0.29) is 30.7 Å². The fraction of sp³-hybridized carbons (Fsp3) is 0.136. The number of carbonyl (C=O) groups is 2. The largest absolute Gasteiger partial charge is 0.426 e. The number of rotatable bonds is 8. The zero-order valence-electron chi connectivity index (χ0n) is 26.6. The van der Waals surface area contributed by atoms with Crippen molar-refractivity contribution in [1.29, 1.82) is 0 Å². The first-order valence-corrected chi connectivity index (χ1v) is 16.4. The molecule has 0 radical (unpaired) electrons. The number of hydrogen-bond acceptors (Lipinski definition) is 4. The van der Waals surface area contributed by atoms with Gasteiger partial charge in [0, 0.05) is 10.8 Å². The Hall–Kier alpha value is -5.74. The maximum absolute atomic E-state index is 14.3. The SMILES string of the molecule is CC(C1(CC(=O)Oc2ccccc2)c2ccccc2-c2ccccc21)C1(CC(=O)Oc2ccccc2)c2ccccc2-c2ccccc21. The van der Waals surface area contributed by atoms with Gasteiger partial charge in [0.1, 0.15) is 11.5 Å². The van der Waals surface area contributed by atoms with Gasteiger partial charge in [-0.05, 0) is 74.7 Å². The van der Waals surface area contributed by atoms with Gasteiger partial charge in [0.2, 0.25) is 0 Å². The van der Waals surface area contributed by atoms with Crippen molar-refractivity contribution < 1.29 is 19.1 Å². The van der Waals surface area contributed by atoms with E-state index in [0.29, 0.717) is 11.5 Å². The third-order valence-corrected chi connectivity index (χ3v) is 10.5. The molecule has 0 spiro atoms. The first kappa shape index (κ1) is 29.6. The fourth-order valence-corrected chi connectivity index (χ4v) is 8.53. The van der Waals surface area contributed by atoms with Crippen molar-refractivity contribution >= 4 is 11.9 Å². The maximum atomic E-state index is 14.3. The molecule has 0 aromatic heterocycles. The quantitative estimate of drug-likeness (QED) is 0.125. The highest BCUT2D eigenvalue weighted by atomic mass is 16.5. The molecule has 4 nitrogen and oxygen atoms in total. The Bertz CT molecular complexity index is 1900. The van der Waals surface area contributed by atoms with Crippen LogP contribution in [-0.4, -0.2) is 11.9 Å². The standard InChI is InChI=1S/C44H34O4/c1-30(43(28-41(45)47-31-16-4-2-5-17-31)37-24-12-8-20-33(37)34-21-9-13-25-38(34)43)44(29-42(46)48-32-18-6-3-7-19-32)39-26-14-10-22-35(39)36-23-11-15-27-40(36)44/h2-27,30H,28-29H2,1H3. The number of esters is 2. The predicted molar refractivity (Wildman–Crippen MR) is 188 cm³/mol. The van der Waals surface area contributed by atoms with Gasteiger partial charge in [-0.3, -0.25) is 9.59 Å². The van der Waals surface area contributed by atoms with Crippen molar-refractivity contribution in [3.05, 3.63) is 180 Å². The highest BCUT2D eigenvalue weighted by Crippen LogP contribution is 2.64. The van der Waals surface area contributed by atoms with Gasteiger partial charge in [0.25, 0.3) is 0 Å². The van der Waals surface area contributed by atoms with Crippen LogP contribution in [0.3, 0.4) is 0 Å². The normalized spacial score (nSPS) is 14.4. The molecule has 0 unspecified atom stereocenters. The molecule has 6 aromatic carbocycles. The minimum atomic E-state index is -0.851. The van der Waals surface area contributed by atoms with Gasteiger partial charge < -0.3 is 9.47 Å². The Morgan fingerprint density at radius 1 is 0.438 bits per heavy atom. The van der Waals surface area contributed by atoms with E-state index in [1.807, 2.05) is 84.9 Å². The van der Waals surface area contributed by atoms with Crippen molar-refractivity contribution in [2.45, 2.75) is 30.6 Å². The zero-order valence-corrected chi connectivity index (χ0v) is 26.6. The van der Waals surface area contributed by atoms with E-state index in [4.69, 9.17) is 9.47 Å². The Balaban J connectivity index is 1.37. The average molecular weight is 627 g/mol. The molecule has 0 fully saturated rings. The lowest BCUT2D eigenvalue weighted by Gasteiger charge is -2.48. The summed E-state index contributed by atoms with van der Waals surface area (Å²) in [5.74, 6) is 0.0266. The Morgan fingerprint density at radius 2 is 0.708 bits per heavy atom. The van der Waals surface area contributed by atoms with E-state index >= 15 is 0 Å². The van der Waals surface area contributed by atoms with E-state index in [9.17, 15) is 9.59 Å². The molecule has 0 heterocycles. The van der Waals surface area contributed by atoms with Crippen LogP contribution in [0.15, 0.2) is 158 Å². The lowest BCUT2D eigenvalue weighted by atomic mass is 9.53. The van der Waals surface area contributed by atoms with E-state index in [2.05, 4.69) is 55.5 Å². The average Bonchev–Trinajstić information content (AvgIpc) is 3.57. The first-order valence-electron chi connectivity index (χ1n) is 16.4. The Kier molecular flexibility index (Phi) is 7.29. The van der Waals surface area contributed by atoms with Crippen LogP contribution < -0.4 is 9.47 Å². The molecule has 0 bridgehead atoms. The number of ether oxygens (including phenoxy) is 2. The molecule has 0 amide bonds. The molecular weight excluding hydrogens is 592 g/mol. The highest BCUT2D eigenvalue weighted by Gasteiger charge is 2.59. The van der Waals surface area contributed by atoms with Gasteiger partial charge in [-0.1, -0.05) is 140 Å². The summed E-state index contributed by atoms with van der Waals surface area (Å²) >= 11 is 0. The van der Waals surface area contributed by atoms with E-state index in [1.54, 1.807) is 24.3 Å². The fourth-order valence-electron chi connectivity index (χ4n) is 8.53. The summed E-state index contributed by atoms with van der Waals surface area (Å²) in [6, 6.07) is 51.9. The highest BCUT2D eigenvalue weighted by molar-refractivity contribution is 5.89. The Labute approximate surface area is 280 Å². The van der Waals surface area contributed by atoms with Crippen LogP contribution in [0.25, 0.3) is 22.3 Å². The summed E-state index contributed by atoms with van der Waals surface area (Å²) in [6.07, 6.45) is 0.161. The van der Waals surface area contributed by atoms with Crippen molar-refractivity contribution in [3.63, 3.8) is 0 Å². The van der Waals surface area contributed by atoms with Gasteiger partial charge >= 0.3 is 11.9 Å². The molecule has 0 atom stereocenters. The molecule has 2 aliphatic carbocycles. The molecule has 0 aliphatic heterocycles. The van der Waals surface area contributed by atoms with Crippen LogP contribution >= 0.6 is 0 Å². The van der Waals surface area contributed by atoms with Crippen LogP contribution in [0.2, 0.25) is 0 Å². The van der Waals surface area contributed by atoms with Crippen molar-refractivity contribution in [2.75, 3.05) is 0 Å². The minimum absolute atomic E-state index is 0.0803. The second kappa shape index (κ2) is 11.8. The van der Waals surface area contributed by atoms with Crippen LogP contribution in [0.4, 0.5) is 0 Å².